The average Bonchev–Trinajstić information content (AvgIpc) is 2.39. The van der Waals surface area contributed by atoms with Crippen molar-refractivity contribution in [3.05, 3.63) is 35.4 Å². The van der Waals surface area contributed by atoms with E-state index in [-0.39, 0.29) is 17.0 Å². The number of thioether (sulfide) groups is 2. The van der Waals surface area contributed by atoms with E-state index in [1.54, 1.807) is 6.92 Å². The van der Waals surface area contributed by atoms with Crippen molar-refractivity contribution in [2.24, 2.45) is 5.73 Å². The first kappa shape index (κ1) is 17.1. The second-order valence-corrected chi connectivity index (χ2v) is 7.11. The molecule has 0 aliphatic carbocycles. The maximum Gasteiger partial charge on any atom is 0.151 e. The van der Waals surface area contributed by atoms with Crippen LogP contribution in [0.25, 0.3) is 0 Å². The van der Waals surface area contributed by atoms with Crippen molar-refractivity contribution in [1.82, 2.24) is 0 Å². The van der Waals surface area contributed by atoms with E-state index in [9.17, 15) is 5.11 Å². The van der Waals surface area contributed by atoms with Gasteiger partial charge in [0.15, 0.2) is 5.17 Å². The molecule has 110 valence electrons. The van der Waals surface area contributed by atoms with Crippen molar-refractivity contribution in [3.8, 4) is 0 Å². The molecule has 0 amide bonds. The highest BCUT2D eigenvalue weighted by molar-refractivity contribution is 8.14. The molecule has 0 saturated carbocycles. The molecule has 0 saturated heterocycles. The Morgan fingerprint density at radius 3 is 2.35 bits per heavy atom. The molecule has 1 atom stereocenters. The lowest BCUT2D eigenvalue weighted by molar-refractivity contribution is 0.294. The Kier molecular flexibility index (Phi) is 7.72. The van der Waals surface area contributed by atoms with Crippen molar-refractivity contribution in [2.75, 3.05) is 12.4 Å². The molecule has 0 aliphatic heterocycles. The van der Waals surface area contributed by atoms with Crippen LogP contribution in [0.3, 0.4) is 0 Å². The minimum absolute atomic E-state index is 0.0478. The number of aliphatic hydroxyl groups excluding tert-OH is 1. The summed E-state index contributed by atoms with van der Waals surface area (Å²) in [7, 11) is 0. The topological polar surface area (TPSA) is 94.0 Å². The minimum Gasteiger partial charge on any atom is -0.395 e. The lowest BCUT2D eigenvalue weighted by Crippen LogP contribution is -2.13. The van der Waals surface area contributed by atoms with Crippen LogP contribution in [-0.2, 0) is 12.8 Å². The predicted molar refractivity (Wildman–Crippen MR) is 90.1 cm³/mol. The molecule has 0 aliphatic rings. The van der Waals surface area contributed by atoms with Crippen LogP contribution in [0.1, 0.15) is 18.1 Å². The van der Waals surface area contributed by atoms with Gasteiger partial charge in [-0.25, -0.2) is 0 Å². The summed E-state index contributed by atoms with van der Waals surface area (Å²) in [6.45, 7) is 1.82. The fourth-order valence-corrected chi connectivity index (χ4v) is 3.19. The molecular weight excluding hydrogens is 290 g/mol. The van der Waals surface area contributed by atoms with Crippen molar-refractivity contribution < 1.29 is 5.11 Å². The van der Waals surface area contributed by atoms with Crippen molar-refractivity contribution in [3.63, 3.8) is 0 Å². The predicted octanol–water partition coefficient (Wildman–Crippen LogP) is 2.49. The zero-order chi connectivity index (χ0) is 15.0. The highest BCUT2D eigenvalue weighted by Crippen LogP contribution is 2.18. The summed E-state index contributed by atoms with van der Waals surface area (Å²) < 4.78 is 0. The molecule has 1 aromatic rings. The first-order valence-corrected chi connectivity index (χ1v) is 8.25. The molecule has 0 bridgehead atoms. The van der Waals surface area contributed by atoms with Gasteiger partial charge in [0.05, 0.1) is 11.7 Å². The second kappa shape index (κ2) is 9.05. The number of aryl methyl sites for hydroxylation is 1. The van der Waals surface area contributed by atoms with Crippen LogP contribution in [0.2, 0.25) is 0 Å². The van der Waals surface area contributed by atoms with Crippen LogP contribution in [-0.4, -0.2) is 32.9 Å². The van der Waals surface area contributed by atoms with Gasteiger partial charge in [0, 0.05) is 11.0 Å². The van der Waals surface area contributed by atoms with Gasteiger partial charge in [0.25, 0.3) is 0 Å². The summed E-state index contributed by atoms with van der Waals surface area (Å²) in [6.07, 6.45) is 1.65. The Balaban J connectivity index is 2.48. The maximum absolute atomic E-state index is 9.31. The number of benzene rings is 1. The Morgan fingerprint density at radius 2 is 1.85 bits per heavy atom. The quantitative estimate of drug-likeness (QED) is 0.460. The fourth-order valence-electron chi connectivity index (χ4n) is 1.78. The summed E-state index contributed by atoms with van der Waals surface area (Å²) in [5.74, 6) is 0.816. The molecule has 0 spiro atoms. The van der Waals surface area contributed by atoms with Gasteiger partial charge in [0.2, 0.25) is 0 Å². The molecule has 5 N–H and O–H groups in total. The first-order valence-electron chi connectivity index (χ1n) is 6.38. The molecule has 0 radical (unpaired) electrons. The first-order chi connectivity index (χ1) is 9.51. The van der Waals surface area contributed by atoms with Gasteiger partial charge < -0.3 is 10.8 Å². The molecule has 6 heteroatoms. The minimum atomic E-state index is 0.0478. The molecule has 0 heterocycles. The van der Waals surface area contributed by atoms with E-state index in [4.69, 9.17) is 16.6 Å². The number of hydrogen-bond donors (Lipinski definition) is 4. The van der Waals surface area contributed by atoms with Gasteiger partial charge in [-0.2, -0.15) is 0 Å². The number of nitrogens with two attached hydrogens (primary N) is 1. The van der Waals surface area contributed by atoms with Gasteiger partial charge in [0.1, 0.15) is 0 Å². The maximum atomic E-state index is 9.31. The number of hydrogen-bond acceptors (Lipinski definition) is 5. The third-order valence-corrected chi connectivity index (χ3v) is 4.40. The highest BCUT2D eigenvalue weighted by Gasteiger charge is 2.10. The number of amidine groups is 1. The van der Waals surface area contributed by atoms with Crippen molar-refractivity contribution in [1.29, 1.82) is 10.8 Å². The summed E-state index contributed by atoms with van der Waals surface area (Å²) >= 11 is 2.76. The third kappa shape index (κ3) is 6.98. The van der Waals surface area contributed by atoms with E-state index < -0.39 is 0 Å². The van der Waals surface area contributed by atoms with E-state index in [2.05, 4.69) is 24.3 Å². The molecular formula is C14H21N3OS2. The number of nitrogens with one attached hydrogen (secondary N) is 2. The molecule has 0 fully saturated rings. The summed E-state index contributed by atoms with van der Waals surface area (Å²) in [5, 5.41) is 24.6. The van der Waals surface area contributed by atoms with Crippen LogP contribution in [0, 0.1) is 10.8 Å². The Hall–Kier alpha value is -0.980. The molecule has 0 unspecified atom stereocenters. The van der Waals surface area contributed by atoms with E-state index in [1.807, 2.05) is 0 Å². The van der Waals surface area contributed by atoms with Crippen LogP contribution in [0.15, 0.2) is 24.3 Å². The Labute approximate surface area is 128 Å². The fraction of sp³-hybridized carbons (Fsp3) is 0.429. The standard InChI is InChI=1S/C14H21N3OS2/c1-10(15)20-13(9-18)8-12-4-2-11(3-5-12)6-7-19-14(16)17/h2-5,13,15,18H,6-9H2,1H3,(H3,16,17)/t13-/m0/s1. The SMILES string of the molecule is CC(=N)S[C@H](CO)Cc1ccc(CCSC(=N)N)cc1. The van der Waals surface area contributed by atoms with Gasteiger partial charge >= 0.3 is 0 Å². The monoisotopic (exact) mass is 311 g/mol. The second-order valence-electron chi connectivity index (χ2n) is 4.46. The smallest absolute Gasteiger partial charge is 0.151 e. The van der Waals surface area contributed by atoms with Crippen LogP contribution in [0.4, 0.5) is 0 Å². The number of rotatable bonds is 7. The highest BCUT2D eigenvalue weighted by atomic mass is 32.2. The third-order valence-electron chi connectivity index (χ3n) is 2.68. The summed E-state index contributed by atoms with van der Waals surface area (Å²) in [6, 6.07) is 8.28. The van der Waals surface area contributed by atoms with Gasteiger partial charge in [-0.15, -0.1) is 11.8 Å². The summed E-state index contributed by atoms with van der Waals surface area (Å²) in [5.41, 5.74) is 7.68. The molecule has 4 nitrogen and oxygen atoms in total. The van der Waals surface area contributed by atoms with Gasteiger partial charge in [-0.1, -0.05) is 36.0 Å². The summed E-state index contributed by atoms with van der Waals surface area (Å²) in [4.78, 5) is 0. The van der Waals surface area contributed by atoms with E-state index in [0.29, 0.717) is 5.04 Å². The van der Waals surface area contributed by atoms with E-state index >= 15 is 0 Å². The molecule has 20 heavy (non-hydrogen) atoms. The van der Waals surface area contributed by atoms with Crippen molar-refractivity contribution in [2.45, 2.75) is 25.0 Å². The van der Waals surface area contributed by atoms with Crippen molar-refractivity contribution >= 4 is 33.7 Å². The van der Waals surface area contributed by atoms with Crippen LogP contribution >= 0.6 is 23.5 Å². The largest absolute Gasteiger partial charge is 0.395 e. The molecule has 0 aromatic heterocycles. The molecule has 1 rings (SSSR count). The zero-order valence-electron chi connectivity index (χ0n) is 11.6. The van der Waals surface area contributed by atoms with Gasteiger partial charge in [-0.05, 0) is 30.9 Å². The normalized spacial score (nSPS) is 12.1. The van der Waals surface area contributed by atoms with Gasteiger partial charge in [-0.3, -0.25) is 10.8 Å². The lowest BCUT2D eigenvalue weighted by Gasteiger charge is -2.13. The number of aliphatic hydroxyl groups is 1. The van der Waals surface area contributed by atoms with Crippen LogP contribution < -0.4 is 5.73 Å². The lowest BCUT2D eigenvalue weighted by atomic mass is 10.1. The average molecular weight is 311 g/mol. The Bertz CT molecular complexity index is 448. The zero-order valence-corrected chi connectivity index (χ0v) is 13.2. The van der Waals surface area contributed by atoms with E-state index in [0.717, 1.165) is 18.6 Å². The van der Waals surface area contributed by atoms with E-state index in [1.165, 1.54) is 34.7 Å². The Morgan fingerprint density at radius 1 is 1.25 bits per heavy atom. The molecule has 1 aromatic carbocycles. The van der Waals surface area contributed by atoms with Crippen LogP contribution in [0.5, 0.6) is 0 Å².